The summed E-state index contributed by atoms with van der Waals surface area (Å²) in [5, 5.41) is 0. The molecule has 0 fully saturated rings. The van der Waals surface area contributed by atoms with Crippen LogP contribution in [0.1, 0.15) is 11.0 Å². The van der Waals surface area contributed by atoms with Crippen molar-refractivity contribution in [1.82, 2.24) is 0 Å². The molecule has 0 aromatic heterocycles. The number of rotatable bonds is 2. The molecule has 10 heavy (non-hydrogen) atoms. The Balaban J connectivity index is 2.75. The van der Waals surface area contributed by atoms with E-state index >= 15 is 0 Å². The van der Waals surface area contributed by atoms with Crippen LogP contribution in [0.15, 0.2) is 30.3 Å². The largest absolute Gasteiger partial charge is 0.365 e. The molecule has 0 spiro atoms. The summed E-state index contributed by atoms with van der Waals surface area (Å²) in [7, 11) is 1.62. The van der Waals surface area contributed by atoms with Crippen molar-refractivity contribution in [3.63, 3.8) is 0 Å². The van der Waals surface area contributed by atoms with Crippen LogP contribution in [0.5, 0.6) is 0 Å². The van der Waals surface area contributed by atoms with E-state index in [1.54, 1.807) is 7.11 Å². The van der Waals surface area contributed by atoms with Gasteiger partial charge in [-0.2, -0.15) is 0 Å². The number of ether oxygens (including phenoxy) is 1. The summed E-state index contributed by atoms with van der Waals surface area (Å²) in [5.41, 5.74) is 0.834. The maximum Gasteiger partial charge on any atom is 0.138 e. The van der Waals surface area contributed by atoms with Crippen LogP contribution < -0.4 is 0 Å². The molecule has 0 aliphatic carbocycles. The number of hydrogen-bond donors (Lipinski definition) is 0. The smallest absolute Gasteiger partial charge is 0.138 e. The Bertz CT molecular complexity index is 186. The third-order valence-corrected chi connectivity index (χ3v) is 1.75. The number of hydrogen-bond acceptors (Lipinski definition) is 1. The van der Waals surface area contributed by atoms with E-state index in [-0.39, 0.29) is 5.44 Å². The van der Waals surface area contributed by atoms with Gasteiger partial charge in [0.05, 0.1) is 0 Å². The van der Waals surface area contributed by atoms with Crippen LogP contribution in [0.4, 0.5) is 0 Å². The van der Waals surface area contributed by atoms with Gasteiger partial charge in [0.15, 0.2) is 0 Å². The molecule has 1 aromatic carbocycles. The van der Waals surface area contributed by atoms with Crippen molar-refractivity contribution in [2.24, 2.45) is 0 Å². The SMILES string of the molecule is COC([S])c1ccccc1. The van der Waals surface area contributed by atoms with Crippen LogP contribution in [-0.4, -0.2) is 7.11 Å². The average molecular weight is 153 g/mol. The molecule has 53 valence electrons. The second-order valence-corrected chi connectivity index (χ2v) is 2.41. The normalized spacial score (nSPS) is 13.0. The van der Waals surface area contributed by atoms with Gasteiger partial charge in [-0.25, -0.2) is 0 Å². The molecule has 1 nitrogen and oxygen atoms in total. The van der Waals surface area contributed by atoms with Crippen molar-refractivity contribution < 1.29 is 4.74 Å². The van der Waals surface area contributed by atoms with E-state index in [1.165, 1.54) is 0 Å². The standard InChI is InChI=1S/C8H9OS/c1-9-8(10)7-5-3-2-4-6-7/h2-6,8H,1H3. The van der Waals surface area contributed by atoms with Gasteiger partial charge in [-0.1, -0.05) is 43.0 Å². The van der Waals surface area contributed by atoms with E-state index in [9.17, 15) is 0 Å². The van der Waals surface area contributed by atoms with E-state index in [0.717, 1.165) is 5.56 Å². The summed E-state index contributed by atoms with van der Waals surface area (Å²) in [5.74, 6) is 0. The summed E-state index contributed by atoms with van der Waals surface area (Å²) in [6.07, 6.45) is 0. The number of benzene rings is 1. The molecule has 1 radical (unpaired) electrons. The van der Waals surface area contributed by atoms with Gasteiger partial charge >= 0.3 is 0 Å². The second kappa shape index (κ2) is 3.64. The van der Waals surface area contributed by atoms with Gasteiger partial charge in [-0.05, 0) is 5.56 Å². The molecule has 1 unspecified atom stereocenters. The molecule has 0 aliphatic rings. The van der Waals surface area contributed by atoms with E-state index in [0.29, 0.717) is 0 Å². The van der Waals surface area contributed by atoms with Crippen molar-refractivity contribution >= 4 is 12.6 Å². The fourth-order valence-electron chi connectivity index (χ4n) is 0.746. The molecular formula is C8H9OS. The van der Waals surface area contributed by atoms with Gasteiger partial charge in [0, 0.05) is 7.11 Å². The summed E-state index contributed by atoms with van der Waals surface area (Å²) in [6.45, 7) is 0. The lowest BCUT2D eigenvalue weighted by Crippen LogP contribution is -1.90. The van der Waals surface area contributed by atoms with Crippen molar-refractivity contribution in [3.8, 4) is 0 Å². The first kappa shape index (κ1) is 7.63. The molecule has 1 rings (SSSR count). The van der Waals surface area contributed by atoms with Gasteiger partial charge in [0.2, 0.25) is 0 Å². The molecule has 0 N–H and O–H groups in total. The average Bonchev–Trinajstić information content (AvgIpc) is 2.05. The minimum absolute atomic E-state index is 0.207. The predicted molar refractivity (Wildman–Crippen MR) is 43.8 cm³/mol. The van der Waals surface area contributed by atoms with Gasteiger partial charge < -0.3 is 4.74 Å². The van der Waals surface area contributed by atoms with Crippen LogP contribution in [-0.2, 0) is 4.74 Å². The molecule has 1 aromatic rings. The fraction of sp³-hybridized carbons (Fsp3) is 0.250. The first-order valence-corrected chi connectivity index (χ1v) is 3.55. The van der Waals surface area contributed by atoms with Crippen LogP contribution in [0, 0.1) is 0 Å². The Labute approximate surface area is 66.4 Å². The van der Waals surface area contributed by atoms with Gasteiger partial charge in [-0.15, -0.1) is 0 Å². The zero-order valence-electron chi connectivity index (χ0n) is 5.78. The number of methoxy groups -OCH3 is 1. The molecule has 0 aliphatic heterocycles. The lowest BCUT2D eigenvalue weighted by molar-refractivity contribution is 0.177. The Morgan fingerprint density at radius 3 is 2.40 bits per heavy atom. The van der Waals surface area contributed by atoms with E-state index < -0.39 is 0 Å². The zero-order valence-corrected chi connectivity index (χ0v) is 6.60. The Morgan fingerprint density at radius 2 is 1.90 bits per heavy atom. The predicted octanol–water partition coefficient (Wildman–Crippen LogP) is 2.53. The Hall–Kier alpha value is -0.470. The molecule has 0 amide bonds. The van der Waals surface area contributed by atoms with Gasteiger partial charge in [0.25, 0.3) is 0 Å². The van der Waals surface area contributed by atoms with Gasteiger partial charge in [-0.3, -0.25) is 0 Å². The molecule has 1 atom stereocenters. The highest BCUT2D eigenvalue weighted by Crippen LogP contribution is 2.18. The van der Waals surface area contributed by atoms with Crippen LogP contribution >= 0.6 is 12.6 Å². The Kier molecular flexibility index (Phi) is 2.78. The molecule has 0 saturated heterocycles. The lowest BCUT2D eigenvalue weighted by atomic mass is 10.2. The van der Waals surface area contributed by atoms with Crippen molar-refractivity contribution in [2.75, 3.05) is 7.11 Å². The lowest BCUT2D eigenvalue weighted by Gasteiger charge is -2.05. The second-order valence-electron chi connectivity index (χ2n) is 1.98. The van der Waals surface area contributed by atoms with Crippen LogP contribution in [0.25, 0.3) is 0 Å². The maximum atomic E-state index is 4.98. The molecule has 0 saturated carbocycles. The van der Waals surface area contributed by atoms with Crippen LogP contribution in [0.2, 0.25) is 0 Å². The third kappa shape index (κ3) is 1.75. The summed E-state index contributed by atoms with van der Waals surface area (Å²) in [4.78, 5) is 0. The van der Waals surface area contributed by atoms with Crippen LogP contribution in [0.3, 0.4) is 0 Å². The molecular weight excluding hydrogens is 144 g/mol. The summed E-state index contributed by atoms with van der Waals surface area (Å²) < 4.78 is 4.95. The summed E-state index contributed by atoms with van der Waals surface area (Å²) in [6, 6.07) is 9.78. The highest BCUT2D eigenvalue weighted by molar-refractivity contribution is 7.80. The first-order valence-electron chi connectivity index (χ1n) is 3.08. The molecule has 0 heterocycles. The topological polar surface area (TPSA) is 9.23 Å². The fourth-order valence-corrected chi connectivity index (χ4v) is 0.903. The van der Waals surface area contributed by atoms with E-state index in [2.05, 4.69) is 0 Å². The molecule has 2 heteroatoms. The highest BCUT2D eigenvalue weighted by Gasteiger charge is 2.01. The van der Waals surface area contributed by atoms with Gasteiger partial charge in [0.1, 0.15) is 5.44 Å². The third-order valence-electron chi connectivity index (χ3n) is 1.29. The maximum absolute atomic E-state index is 4.98. The zero-order chi connectivity index (χ0) is 7.40. The van der Waals surface area contributed by atoms with E-state index in [1.807, 2.05) is 30.3 Å². The minimum atomic E-state index is -0.207. The Morgan fingerprint density at radius 1 is 1.30 bits per heavy atom. The molecule has 0 bridgehead atoms. The highest BCUT2D eigenvalue weighted by atomic mass is 32.1. The summed E-state index contributed by atoms with van der Waals surface area (Å²) >= 11 is 4.98. The van der Waals surface area contributed by atoms with Crippen molar-refractivity contribution in [2.45, 2.75) is 5.44 Å². The van der Waals surface area contributed by atoms with Crippen molar-refractivity contribution in [1.29, 1.82) is 0 Å². The first-order chi connectivity index (χ1) is 4.84. The van der Waals surface area contributed by atoms with Crippen molar-refractivity contribution in [3.05, 3.63) is 35.9 Å². The van der Waals surface area contributed by atoms with E-state index in [4.69, 9.17) is 17.4 Å². The quantitative estimate of drug-likeness (QED) is 0.634. The minimum Gasteiger partial charge on any atom is -0.365 e. The monoisotopic (exact) mass is 153 g/mol.